The summed E-state index contributed by atoms with van der Waals surface area (Å²) in [6, 6.07) is 9.96. The summed E-state index contributed by atoms with van der Waals surface area (Å²) in [5.74, 6) is -3.19. The zero-order valence-corrected chi connectivity index (χ0v) is 13.1. The number of amides is 1. The van der Waals surface area contributed by atoms with Crippen molar-refractivity contribution in [1.29, 1.82) is 0 Å². The van der Waals surface area contributed by atoms with Crippen LogP contribution in [0.25, 0.3) is 0 Å². The Bertz CT molecular complexity index is 771. The Balaban J connectivity index is 2.00. The van der Waals surface area contributed by atoms with Gasteiger partial charge in [0.05, 0.1) is 12.0 Å². The number of carbonyl (C=O) groups is 3. The van der Waals surface area contributed by atoms with Crippen molar-refractivity contribution in [3.8, 4) is 0 Å². The minimum absolute atomic E-state index is 0.0182. The summed E-state index contributed by atoms with van der Waals surface area (Å²) in [6.07, 6.45) is -0.0492. The Kier molecular flexibility index (Phi) is 5.84. The first kappa shape index (κ1) is 18.1. The number of hydrogen-bond donors (Lipinski definition) is 3. The number of nitrogens with one attached hydrogen (secondary N) is 1. The topological polar surface area (TPSA) is 104 Å². The molecule has 0 bridgehead atoms. The van der Waals surface area contributed by atoms with E-state index in [1.54, 1.807) is 0 Å². The Morgan fingerprint density at radius 2 is 1.48 bits per heavy atom. The molecule has 0 aliphatic rings. The molecule has 0 aliphatic heterocycles. The zero-order chi connectivity index (χ0) is 18.4. The maximum atomic E-state index is 12.8. The molecular weight excluding hydrogens is 329 g/mol. The normalized spacial score (nSPS) is 11.6. The van der Waals surface area contributed by atoms with E-state index >= 15 is 0 Å². The molecule has 2 aromatic rings. The molecule has 0 saturated heterocycles. The molecule has 1 atom stereocenters. The molecule has 0 radical (unpaired) electrons. The highest BCUT2D eigenvalue weighted by molar-refractivity contribution is 5.87. The fourth-order valence-electron chi connectivity index (χ4n) is 2.25. The highest BCUT2D eigenvalue weighted by Crippen LogP contribution is 2.09. The maximum Gasteiger partial charge on any atom is 0.335 e. The molecule has 0 fully saturated rings. The molecule has 2 aromatic carbocycles. The molecule has 0 saturated carbocycles. The average molecular weight is 345 g/mol. The fraction of sp³-hybridized carbons (Fsp3) is 0.167. The van der Waals surface area contributed by atoms with Gasteiger partial charge in [-0.15, -0.1) is 0 Å². The van der Waals surface area contributed by atoms with Crippen LogP contribution in [-0.4, -0.2) is 34.1 Å². The van der Waals surface area contributed by atoms with Crippen LogP contribution in [0.5, 0.6) is 0 Å². The number of carboxylic acids is 2. The number of carbonyl (C=O) groups excluding carboxylic acids is 1. The standard InChI is InChI=1S/C18H16FNO5/c19-14-7-3-12(4-8-14)10-16(21)20-15(18(24)25)9-11-1-5-13(6-2-11)17(22)23/h1-8,15H,9-10H2,(H,20,21)(H,22,23)(H,24,25)/t15-/m1/s1. The van der Waals surface area contributed by atoms with E-state index in [4.69, 9.17) is 5.11 Å². The highest BCUT2D eigenvalue weighted by Gasteiger charge is 2.20. The summed E-state index contributed by atoms with van der Waals surface area (Å²) in [5.41, 5.74) is 1.24. The van der Waals surface area contributed by atoms with E-state index in [2.05, 4.69) is 5.32 Å². The fourth-order valence-corrected chi connectivity index (χ4v) is 2.25. The third-order valence-electron chi connectivity index (χ3n) is 3.55. The van der Waals surface area contributed by atoms with Gasteiger partial charge in [0.25, 0.3) is 0 Å². The number of halogens is 1. The van der Waals surface area contributed by atoms with Gasteiger partial charge in [-0.1, -0.05) is 24.3 Å². The number of aliphatic carboxylic acids is 1. The van der Waals surface area contributed by atoms with Crippen LogP contribution in [-0.2, 0) is 22.4 Å². The molecule has 130 valence electrons. The summed E-state index contributed by atoms with van der Waals surface area (Å²) in [7, 11) is 0. The summed E-state index contributed by atoms with van der Waals surface area (Å²) in [5, 5.41) is 20.5. The van der Waals surface area contributed by atoms with E-state index in [-0.39, 0.29) is 18.4 Å². The van der Waals surface area contributed by atoms with Crippen molar-refractivity contribution in [2.75, 3.05) is 0 Å². The van der Waals surface area contributed by atoms with Gasteiger partial charge in [0.2, 0.25) is 5.91 Å². The number of hydrogen-bond acceptors (Lipinski definition) is 3. The van der Waals surface area contributed by atoms with Crippen LogP contribution >= 0.6 is 0 Å². The highest BCUT2D eigenvalue weighted by atomic mass is 19.1. The second-order valence-corrected chi connectivity index (χ2v) is 5.47. The molecule has 7 heteroatoms. The molecule has 0 aromatic heterocycles. The quantitative estimate of drug-likeness (QED) is 0.711. The van der Waals surface area contributed by atoms with Crippen LogP contribution in [0.15, 0.2) is 48.5 Å². The van der Waals surface area contributed by atoms with Crippen molar-refractivity contribution in [2.45, 2.75) is 18.9 Å². The third kappa shape index (κ3) is 5.42. The lowest BCUT2D eigenvalue weighted by Crippen LogP contribution is -2.43. The van der Waals surface area contributed by atoms with Gasteiger partial charge in [-0.25, -0.2) is 14.0 Å². The number of aromatic carboxylic acids is 1. The van der Waals surface area contributed by atoms with Crippen molar-refractivity contribution in [3.63, 3.8) is 0 Å². The SMILES string of the molecule is O=C(Cc1ccc(F)cc1)N[C@H](Cc1ccc(C(=O)O)cc1)C(=O)O. The van der Waals surface area contributed by atoms with E-state index in [9.17, 15) is 23.9 Å². The lowest BCUT2D eigenvalue weighted by Gasteiger charge is -2.15. The molecular formula is C18H16FNO5. The van der Waals surface area contributed by atoms with Gasteiger partial charge in [0.15, 0.2) is 0 Å². The number of carboxylic acid groups (broad SMARTS) is 2. The molecule has 1 amide bonds. The van der Waals surface area contributed by atoms with E-state index < -0.39 is 29.7 Å². The Morgan fingerprint density at radius 3 is 2.00 bits per heavy atom. The van der Waals surface area contributed by atoms with E-state index in [1.165, 1.54) is 48.5 Å². The monoisotopic (exact) mass is 345 g/mol. The summed E-state index contributed by atoms with van der Waals surface area (Å²) in [4.78, 5) is 34.2. The Morgan fingerprint density at radius 1 is 0.920 bits per heavy atom. The van der Waals surface area contributed by atoms with Crippen LogP contribution in [0.3, 0.4) is 0 Å². The lowest BCUT2D eigenvalue weighted by molar-refractivity contribution is -0.141. The van der Waals surface area contributed by atoms with Gasteiger partial charge in [-0.2, -0.15) is 0 Å². The summed E-state index contributed by atoms with van der Waals surface area (Å²) in [6.45, 7) is 0. The smallest absolute Gasteiger partial charge is 0.335 e. The second-order valence-electron chi connectivity index (χ2n) is 5.47. The zero-order valence-electron chi connectivity index (χ0n) is 13.1. The van der Waals surface area contributed by atoms with Crippen LogP contribution in [0.1, 0.15) is 21.5 Å². The largest absolute Gasteiger partial charge is 0.480 e. The average Bonchev–Trinajstić information content (AvgIpc) is 2.56. The summed E-state index contributed by atoms with van der Waals surface area (Å²) >= 11 is 0. The van der Waals surface area contributed by atoms with Crippen LogP contribution in [0.4, 0.5) is 4.39 Å². The van der Waals surface area contributed by atoms with Crippen molar-refractivity contribution in [2.24, 2.45) is 0 Å². The van der Waals surface area contributed by atoms with Gasteiger partial charge in [-0.3, -0.25) is 4.79 Å². The van der Waals surface area contributed by atoms with Crippen molar-refractivity contribution in [3.05, 3.63) is 71.0 Å². The Hall–Kier alpha value is -3.22. The van der Waals surface area contributed by atoms with Gasteiger partial charge in [0, 0.05) is 6.42 Å². The number of benzene rings is 2. The molecule has 25 heavy (non-hydrogen) atoms. The molecule has 0 aliphatic carbocycles. The molecule has 0 spiro atoms. The minimum Gasteiger partial charge on any atom is -0.480 e. The minimum atomic E-state index is -1.20. The molecule has 0 heterocycles. The van der Waals surface area contributed by atoms with Crippen LogP contribution < -0.4 is 5.32 Å². The Labute approximate surface area is 142 Å². The first-order valence-corrected chi connectivity index (χ1v) is 7.44. The predicted molar refractivity (Wildman–Crippen MR) is 86.8 cm³/mol. The third-order valence-corrected chi connectivity index (χ3v) is 3.55. The van der Waals surface area contributed by atoms with Gasteiger partial charge >= 0.3 is 11.9 Å². The van der Waals surface area contributed by atoms with Gasteiger partial charge in [-0.05, 0) is 35.4 Å². The molecule has 0 unspecified atom stereocenters. The van der Waals surface area contributed by atoms with Crippen molar-refractivity contribution < 1.29 is 29.0 Å². The lowest BCUT2D eigenvalue weighted by atomic mass is 10.0. The maximum absolute atomic E-state index is 12.8. The molecule has 2 rings (SSSR count). The van der Waals surface area contributed by atoms with E-state index in [0.717, 1.165) is 0 Å². The number of rotatable bonds is 7. The van der Waals surface area contributed by atoms with E-state index in [1.807, 2.05) is 0 Å². The summed E-state index contributed by atoms with van der Waals surface area (Å²) < 4.78 is 12.8. The first-order valence-electron chi connectivity index (χ1n) is 7.44. The predicted octanol–water partition coefficient (Wildman–Crippen LogP) is 1.88. The van der Waals surface area contributed by atoms with Gasteiger partial charge < -0.3 is 15.5 Å². The van der Waals surface area contributed by atoms with Crippen molar-refractivity contribution in [1.82, 2.24) is 5.32 Å². The van der Waals surface area contributed by atoms with Crippen LogP contribution in [0, 0.1) is 5.82 Å². The van der Waals surface area contributed by atoms with Crippen molar-refractivity contribution >= 4 is 17.8 Å². The van der Waals surface area contributed by atoms with E-state index in [0.29, 0.717) is 11.1 Å². The second kappa shape index (κ2) is 8.05. The molecule has 6 nitrogen and oxygen atoms in total. The van der Waals surface area contributed by atoms with Gasteiger partial charge in [0.1, 0.15) is 11.9 Å². The van der Waals surface area contributed by atoms with Crippen LogP contribution in [0.2, 0.25) is 0 Å². The molecule has 3 N–H and O–H groups in total. The first-order chi connectivity index (χ1) is 11.8.